The number of carbonyl (C=O) groups is 2. The number of amides is 1. The van der Waals surface area contributed by atoms with Gasteiger partial charge in [-0.3, -0.25) is 14.5 Å². The number of anilines is 1. The zero-order chi connectivity index (χ0) is 22.8. The number of halogens is 1. The van der Waals surface area contributed by atoms with Crippen LogP contribution in [0, 0.1) is 6.92 Å². The Hall–Kier alpha value is -3.84. The normalized spacial score (nSPS) is 17.6. The standard InChI is InChI=1S/C24H19ClN2O5/c1-3-12-31-18-10-6-15(7-11-18)21-20(22(28)16-4-8-17(25)9-5-16)23(29)24(30)27(21)19-13-14(2)32-26-19/h3-11,13,21,28H,1,12H2,2H3/b22-20+. The first kappa shape index (κ1) is 21.4. The second-order valence-corrected chi connectivity index (χ2v) is 7.58. The van der Waals surface area contributed by atoms with Crippen LogP contribution in [0.5, 0.6) is 5.75 Å². The van der Waals surface area contributed by atoms with E-state index in [1.165, 1.54) is 4.90 Å². The van der Waals surface area contributed by atoms with Gasteiger partial charge >= 0.3 is 5.91 Å². The van der Waals surface area contributed by atoms with E-state index in [2.05, 4.69) is 11.7 Å². The van der Waals surface area contributed by atoms with Crippen molar-refractivity contribution in [2.75, 3.05) is 11.5 Å². The molecule has 1 saturated heterocycles. The summed E-state index contributed by atoms with van der Waals surface area (Å²) in [6.07, 6.45) is 1.63. The summed E-state index contributed by atoms with van der Waals surface area (Å²) in [7, 11) is 0. The monoisotopic (exact) mass is 450 g/mol. The summed E-state index contributed by atoms with van der Waals surface area (Å²) in [5.74, 6) is -0.690. The van der Waals surface area contributed by atoms with Crippen molar-refractivity contribution in [2.24, 2.45) is 0 Å². The minimum atomic E-state index is -0.913. The molecule has 2 heterocycles. The Kier molecular flexibility index (Phi) is 5.83. The predicted octanol–water partition coefficient (Wildman–Crippen LogP) is 4.83. The van der Waals surface area contributed by atoms with Gasteiger partial charge < -0.3 is 14.4 Å². The van der Waals surface area contributed by atoms with Gasteiger partial charge in [-0.05, 0) is 48.9 Å². The van der Waals surface area contributed by atoms with E-state index in [1.54, 1.807) is 67.6 Å². The molecule has 1 aliphatic rings. The molecule has 32 heavy (non-hydrogen) atoms. The molecule has 7 nitrogen and oxygen atoms in total. The molecule has 1 unspecified atom stereocenters. The summed E-state index contributed by atoms with van der Waals surface area (Å²) in [4.78, 5) is 27.3. The maximum Gasteiger partial charge on any atom is 0.301 e. The summed E-state index contributed by atoms with van der Waals surface area (Å²) >= 11 is 5.95. The minimum Gasteiger partial charge on any atom is -0.507 e. The van der Waals surface area contributed by atoms with Gasteiger partial charge in [0.2, 0.25) is 0 Å². The highest BCUT2D eigenvalue weighted by Crippen LogP contribution is 2.42. The molecule has 1 atom stereocenters. The molecule has 1 amide bonds. The van der Waals surface area contributed by atoms with Gasteiger partial charge in [-0.25, -0.2) is 0 Å². The highest BCUT2D eigenvalue weighted by molar-refractivity contribution is 6.51. The Morgan fingerprint density at radius 3 is 2.50 bits per heavy atom. The van der Waals surface area contributed by atoms with E-state index >= 15 is 0 Å². The molecule has 2 aromatic carbocycles. The van der Waals surface area contributed by atoms with E-state index in [9.17, 15) is 14.7 Å². The lowest BCUT2D eigenvalue weighted by atomic mass is 9.95. The number of nitrogens with zero attached hydrogens (tertiary/aromatic N) is 2. The number of aromatic nitrogens is 1. The van der Waals surface area contributed by atoms with Gasteiger partial charge in [0.15, 0.2) is 5.82 Å². The maximum absolute atomic E-state index is 13.0. The Bertz CT molecular complexity index is 1210. The third kappa shape index (κ3) is 3.90. The number of hydrogen-bond donors (Lipinski definition) is 1. The number of rotatable bonds is 6. The molecule has 3 aromatic rings. The van der Waals surface area contributed by atoms with E-state index < -0.39 is 17.7 Å². The first-order valence-electron chi connectivity index (χ1n) is 9.74. The number of benzene rings is 2. The van der Waals surface area contributed by atoms with Crippen molar-refractivity contribution in [1.82, 2.24) is 5.16 Å². The van der Waals surface area contributed by atoms with Crippen molar-refractivity contribution in [2.45, 2.75) is 13.0 Å². The third-order valence-corrected chi connectivity index (χ3v) is 5.24. The molecule has 0 spiro atoms. The lowest BCUT2D eigenvalue weighted by Crippen LogP contribution is -2.29. The summed E-state index contributed by atoms with van der Waals surface area (Å²) in [6, 6.07) is 13.9. The summed E-state index contributed by atoms with van der Waals surface area (Å²) in [5.41, 5.74) is 0.892. The zero-order valence-corrected chi connectivity index (χ0v) is 17.9. The molecule has 0 aliphatic carbocycles. The van der Waals surface area contributed by atoms with Crippen LogP contribution in [-0.2, 0) is 9.59 Å². The Labute approximate surface area is 189 Å². The zero-order valence-electron chi connectivity index (χ0n) is 17.1. The lowest BCUT2D eigenvalue weighted by Gasteiger charge is -2.23. The first-order valence-corrected chi connectivity index (χ1v) is 10.1. The van der Waals surface area contributed by atoms with Crippen molar-refractivity contribution in [3.05, 3.63) is 94.7 Å². The first-order chi connectivity index (χ1) is 15.4. The number of Topliss-reactive ketones (excluding diaryl/α,β-unsaturated/α-hetero) is 1. The average molecular weight is 451 g/mol. The second kappa shape index (κ2) is 8.72. The maximum atomic E-state index is 13.0. The third-order valence-electron chi connectivity index (χ3n) is 4.99. The molecular formula is C24H19ClN2O5. The quantitative estimate of drug-likeness (QED) is 0.250. The van der Waals surface area contributed by atoms with Gasteiger partial charge in [-0.1, -0.05) is 41.5 Å². The van der Waals surface area contributed by atoms with E-state index in [0.29, 0.717) is 34.3 Å². The number of aryl methyl sites for hydroxylation is 1. The molecule has 0 bridgehead atoms. The fraction of sp³-hybridized carbons (Fsp3) is 0.125. The average Bonchev–Trinajstić information content (AvgIpc) is 3.33. The highest BCUT2D eigenvalue weighted by atomic mass is 35.5. The van der Waals surface area contributed by atoms with Crippen molar-refractivity contribution < 1.29 is 24.0 Å². The Morgan fingerprint density at radius 1 is 1.22 bits per heavy atom. The van der Waals surface area contributed by atoms with E-state index in [0.717, 1.165) is 0 Å². The van der Waals surface area contributed by atoms with E-state index in [1.807, 2.05) is 0 Å². The van der Waals surface area contributed by atoms with Crippen molar-refractivity contribution in [1.29, 1.82) is 0 Å². The Morgan fingerprint density at radius 2 is 1.91 bits per heavy atom. The summed E-state index contributed by atoms with van der Waals surface area (Å²) in [5, 5.41) is 15.4. The van der Waals surface area contributed by atoms with Crippen LogP contribution in [0.3, 0.4) is 0 Å². The van der Waals surface area contributed by atoms with Gasteiger partial charge in [-0.15, -0.1) is 0 Å². The van der Waals surface area contributed by atoms with Crippen LogP contribution in [-0.4, -0.2) is 28.6 Å². The predicted molar refractivity (Wildman–Crippen MR) is 120 cm³/mol. The van der Waals surface area contributed by atoms with Gasteiger partial charge in [-0.2, -0.15) is 0 Å². The molecule has 8 heteroatoms. The van der Waals surface area contributed by atoms with Crippen LogP contribution in [0.4, 0.5) is 5.82 Å². The summed E-state index contributed by atoms with van der Waals surface area (Å²) in [6.45, 7) is 5.64. The molecule has 4 rings (SSSR count). The second-order valence-electron chi connectivity index (χ2n) is 7.14. The number of hydrogen-bond acceptors (Lipinski definition) is 6. The molecule has 1 aliphatic heterocycles. The fourth-order valence-corrected chi connectivity index (χ4v) is 3.64. The number of aliphatic hydroxyl groups excluding tert-OH is 1. The minimum absolute atomic E-state index is 0.0577. The molecule has 0 radical (unpaired) electrons. The van der Waals surface area contributed by atoms with Gasteiger partial charge in [0, 0.05) is 16.7 Å². The number of aliphatic hydroxyl groups is 1. The highest BCUT2D eigenvalue weighted by Gasteiger charge is 2.48. The number of ketones is 1. The van der Waals surface area contributed by atoms with Gasteiger partial charge in [0.25, 0.3) is 5.78 Å². The van der Waals surface area contributed by atoms with E-state index in [-0.39, 0.29) is 17.2 Å². The summed E-state index contributed by atoms with van der Waals surface area (Å²) < 4.78 is 10.6. The van der Waals surface area contributed by atoms with Crippen molar-refractivity contribution >= 4 is 34.9 Å². The molecule has 0 saturated carbocycles. The molecule has 1 N–H and O–H groups in total. The fourth-order valence-electron chi connectivity index (χ4n) is 3.52. The molecular weight excluding hydrogens is 432 g/mol. The van der Waals surface area contributed by atoms with Crippen LogP contribution in [0.15, 0.2) is 77.3 Å². The van der Waals surface area contributed by atoms with Crippen LogP contribution in [0.2, 0.25) is 5.02 Å². The molecule has 1 aromatic heterocycles. The van der Waals surface area contributed by atoms with Crippen LogP contribution in [0.25, 0.3) is 5.76 Å². The largest absolute Gasteiger partial charge is 0.507 e. The van der Waals surface area contributed by atoms with Crippen molar-refractivity contribution in [3.8, 4) is 5.75 Å². The number of ether oxygens (including phenoxy) is 1. The van der Waals surface area contributed by atoms with Gasteiger partial charge in [0.1, 0.15) is 23.9 Å². The number of carbonyl (C=O) groups excluding carboxylic acids is 2. The van der Waals surface area contributed by atoms with Gasteiger partial charge in [0.05, 0.1) is 11.6 Å². The van der Waals surface area contributed by atoms with Crippen LogP contribution < -0.4 is 9.64 Å². The SMILES string of the molecule is C=CCOc1ccc(C2/C(=C(\O)c3ccc(Cl)cc3)C(=O)C(=O)N2c2cc(C)on2)cc1. The molecule has 162 valence electrons. The van der Waals surface area contributed by atoms with Crippen molar-refractivity contribution in [3.63, 3.8) is 0 Å². The smallest absolute Gasteiger partial charge is 0.301 e. The Balaban J connectivity index is 1.86. The molecule has 1 fully saturated rings. The van der Waals surface area contributed by atoms with Crippen LogP contribution in [0.1, 0.15) is 22.9 Å². The van der Waals surface area contributed by atoms with Crippen LogP contribution >= 0.6 is 11.6 Å². The topological polar surface area (TPSA) is 92.9 Å². The lowest BCUT2D eigenvalue weighted by molar-refractivity contribution is -0.132. The van der Waals surface area contributed by atoms with E-state index in [4.69, 9.17) is 20.9 Å².